The highest BCUT2D eigenvalue weighted by molar-refractivity contribution is 6.31. The van der Waals surface area contributed by atoms with Crippen LogP contribution in [0.4, 0.5) is 13.2 Å². The standard InChI is InChI=1S/C26H32ClF3N4O3/c1-15-11-31-13-20(27)18(15)9-17-10-24(2,3)14-33(17)22(35)19-12-32-34(21(19)26(28,29)30)16-5-7-25(4,8-6-16)23(36)37/h11-13,16-17H,5-10,14H2,1-4H3,(H,36,37). The first-order chi connectivity index (χ1) is 17.1. The average Bonchev–Trinajstić information content (AvgIpc) is 3.37. The van der Waals surface area contributed by atoms with Crippen molar-refractivity contribution in [1.82, 2.24) is 19.7 Å². The van der Waals surface area contributed by atoms with Crippen molar-refractivity contribution in [3.05, 3.63) is 46.0 Å². The molecule has 1 aliphatic carbocycles. The highest BCUT2D eigenvalue weighted by Gasteiger charge is 2.47. The van der Waals surface area contributed by atoms with Gasteiger partial charge < -0.3 is 10.0 Å². The zero-order valence-corrected chi connectivity index (χ0v) is 22.2. The Bertz CT molecular complexity index is 1180. The summed E-state index contributed by atoms with van der Waals surface area (Å²) in [6.07, 6.45) is 1.40. The van der Waals surface area contributed by atoms with Crippen LogP contribution in [-0.4, -0.2) is 49.2 Å². The first-order valence-electron chi connectivity index (χ1n) is 12.4. The number of halogens is 4. The normalized spacial score (nSPS) is 25.9. The Morgan fingerprint density at radius 2 is 1.81 bits per heavy atom. The van der Waals surface area contributed by atoms with E-state index in [1.165, 1.54) is 11.1 Å². The van der Waals surface area contributed by atoms with E-state index in [1.807, 2.05) is 20.8 Å². The van der Waals surface area contributed by atoms with Gasteiger partial charge in [-0.05, 0) is 68.9 Å². The summed E-state index contributed by atoms with van der Waals surface area (Å²) < 4.78 is 44.0. The molecule has 1 saturated carbocycles. The van der Waals surface area contributed by atoms with Gasteiger partial charge in [-0.2, -0.15) is 18.3 Å². The van der Waals surface area contributed by atoms with Gasteiger partial charge in [0.05, 0.1) is 28.2 Å². The second-order valence-corrected chi connectivity index (χ2v) is 11.9. The Kier molecular flexibility index (Phi) is 7.11. The van der Waals surface area contributed by atoms with Crippen LogP contribution in [0.3, 0.4) is 0 Å². The van der Waals surface area contributed by atoms with Crippen LogP contribution in [0, 0.1) is 17.8 Å². The third-order valence-electron chi connectivity index (χ3n) is 7.96. The van der Waals surface area contributed by atoms with E-state index < -0.39 is 40.8 Å². The SMILES string of the molecule is Cc1cncc(Cl)c1CC1CC(C)(C)CN1C(=O)c1cnn(C2CCC(C)(C(=O)O)CC2)c1C(F)(F)F. The molecule has 0 bridgehead atoms. The molecule has 1 atom stereocenters. The molecule has 3 heterocycles. The maximum absolute atomic E-state index is 14.4. The van der Waals surface area contributed by atoms with Crippen molar-refractivity contribution in [2.75, 3.05) is 6.54 Å². The molecule has 2 aromatic heterocycles. The molecule has 0 radical (unpaired) electrons. The summed E-state index contributed by atoms with van der Waals surface area (Å²) in [4.78, 5) is 30.9. The Hall–Kier alpha value is -2.62. The average molecular weight is 541 g/mol. The van der Waals surface area contributed by atoms with Gasteiger partial charge in [-0.3, -0.25) is 19.3 Å². The number of nitrogens with zero attached hydrogens (tertiary/aromatic N) is 4. The molecular weight excluding hydrogens is 509 g/mol. The molecule has 0 aromatic carbocycles. The lowest BCUT2D eigenvalue weighted by molar-refractivity contribution is -0.152. The molecule has 1 amide bonds. The van der Waals surface area contributed by atoms with E-state index in [0.717, 1.165) is 22.0 Å². The predicted molar refractivity (Wildman–Crippen MR) is 131 cm³/mol. The minimum absolute atomic E-state index is 0.236. The first-order valence-corrected chi connectivity index (χ1v) is 12.8. The largest absolute Gasteiger partial charge is 0.481 e. The van der Waals surface area contributed by atoms with Gasteiger partial charge in [0.1, 0.15) is 0 Å². The van der Waals surface area contributed by atoms with Crippen molar-refractivity contribution in [3.63, 3.8) is 0 Å². The van der Waals surface area contributed by atoms with Crippen LogP contribution in [0.1, 0.15) is 86.1 Å². The van der Waals surface area contributed by atoms with Gasteiger partial charge in [-0.15, -0.1) is 0 Å². The van der Waals surface area contributed by atoms with Gasteiger partial charge in [0.2, 0.25) is 0 Å². The lowest BCUT2D eigenvalue weighted by Crippen LogP contribution is -2.39. The number of carboxylic acid groups (broad SMARTS) is 1. The number of aromatic nitrogens is 3. The number of hydrogen-bond donors (Lipinski definition) is 1. The number of carbonyl (C=O) groups is 2. The summed E-state index contributed by atoms with van der Waals surface area (Å²) in [7, 11) is 0. The highest BCUT2D eigenvalue weighted by Crippen LogP contribution is 2.44. The summed E-state index contributed by atoms with van der Waals surface area (Å²) in [5.41, 5.74) is -1.11. The lowest BCUT2D eigenvalue weighted by Gasteiger charge is -2.34. The molecule has 7 nitrogen and oxygen atoms in total. The number of aryl methyl sites for hydroxylation is 1. The molecule has 2 aliphatic rings. The van der Waals surface area contributed by atoms with Gasteiger partial charge in [-0.25, -0.2) is 0 Å². The van der Waals surface area contributed by atoms with Crippen molar-refractivity contribution in [3.8, 4) is 0 Å². The van der Waals surface area contributed by atoms with Gasteiger partial charge in [0.25, 0.3) is 5.91 Å². The number of aliphatic carboxylic acids is 1. The molecule has 0 spiro atoms. The topological polar surface area (TPSA) is 88.3 Å². The van der Waals surface area contributed by atoms with Gasteiger partial charge in [0, 0.05) is 25.0 Å². The molecule has 1 N–H and O–H groups in total. The summed E-state index contributed by atoms with van der Waals surface area (Å²) in [6.45, 7) is 7.76. The number of pyridine rings is 1. The second-order valence-electron chi connectivity index (χ2n) is 11.5. The zero-order chi connectivity index (χ0) is 27.3. The Morgan fingerprint density at radius 1 is 1.16 bits per heavy atom. The van der Waals surface area contributed by atoms with Gasteiger partial charge in [-0.1, -0.05) is 25.4 Å². The maximum atomic E-state index is 14.4. The van der Waals surface area contributed by atoms with E-state index >= 15 is 0 Å². The Morgan fingerprint density at radius 3 is 2.38 bits per heavy atom. The number of amides is 1. The molecule has 4 rings (SSSR count). The number of carboxylic acids is 1. The van der Waals surface area contributed by atoms with E-state index in [0.29, 0.717) is 24.4 Å². The predicted octanol–water partition coefficient (Wildman–Crippen LogP) is 5.95. The third-order valence-corrected chi connectivity index (χ3v) is 8.29. The van der Waals surface area contributed by atoms with Gasteiger partial charge in [0.15, 0.2) is 5.69 Å². The van der Waals surface area contributed by atoms with Crippen LogP contribution < -0.4 is 0 Å². The molecule has 2 aromatic rings. The smallest absolute Gasteiger partial charge is 0.433 e. The van der Waals surface area contributed by atoms with Crippen molar-refractivity contribution < 1.29 is 27.9 Å². The quantitative estimate of drug-likeness (QED) is 0.506. The van der Waals surface area contributed by atoms with Gasteiger partial charge >= 0.3 is 12.1 Å². The summed E-state index contributed by atoms with van der Waals surface area (Å²) in [5.74, 6) is -1.66. The van der Waals surface area contributed by atoms with Crippen molar-refractivity contribution >= 4 is 23.5 Å². The van der Waals surface area contributed by atoms with E-state index in [4.69, 9.17) is 11.6 Å². The van der Waals surface area contributed by atoms with Crippen molar-refractivity contribution in [2.45, 2.75) is 84.5 Å². The Labute approximate surface area is 219 Å². The third kappa shape index (κ3) is 5.35. The number of alkyl halides is 3. The number of carbonyl (C=O) groups excluding carboxylic acids is 1. The fourth-order valence-electron chi connectivity index (χ4n) is 5.81. The molecule has 202 valence electrons. The monoisotopic (exact) mass is 540 g/mol. The van der Waals surface area contributed by atoms with Crippen LogP contribution in [0.25, 0.3) is 0 Å². The van der Waals surface area contributed by atoms with Crippen molar-refractivity contribution in [2.24, 2.45) is 10.8 Å². The van der Waals surface area contributed by atoms with Crippen LogP contribution in [-0.2, 0) is 17.4 Å². The molecular formula is C26H32ClF3N4O3. The number of rotatable bonds is 5. The molecule has 1 aliphatic heterocycles. The molecule has 1 saturated heterocycles. The zero-order valence-electron chi connectivity index (χ0n) is 21.4. The summed E-state index contributed by atoms with van der Waals surface area (Å²) in [6, 6.07) is -0.967. The second kappa shape index (κ2) is 9.60. The molecule has 2 fully saturated rings. The maximum Gasteiger partial charge on any atom is 0.433 e. The highest BCUT2D eigenvalue weighted by atomic mass is 35.5. The minimum Gasteiger partial charge on any atom is -0.481 e. The van der Waals surface area contributed by atoms with E-state index in [9.17, 15) is 27.9 Å². The molecule has 1 unspecified atom stereocenters. The van der Waals surface area contributed by atoms with Crippen LogP contribution in [0.15, 0.2) is 18.6 Å². The van der Waals surface area contributed by atoms with E-state index in [2.05, 4.69) is 10.1 Å². The number of likely N-dealkylation sites (tertiary alicyclic amines) is 1. The Balaban J connectivity index is 1.66. The van der Waals surface area contributed by atoms with Crippen molar-refractivity contribution in [1.29, 1.82) is 0 Å². The molecule has 37 heavy (non-hydrogen) atoms. The fourth-order valence-corrected chi connectivity index (χ4v) is 6.09. The lowest BCUT2D eigenvalue weighted by atomic mass is 9.74. The van der Waals surface area contributed by atoms with E-state index in [1.54, 1.807) is 13.1 Å². The summed E-state index contributed by atoms with van der Waals surface area (Å²) >= 11 is 6.37. The molecule has 11 heteroatoms. The minimum atomic E-state index is -4.80. The van der Waals surface area contributed by atoms with Crippen LogP contribution >= 0.6 is 11.6 Å². The van der Waals surface area contributed by atoms with Crippen LogP contribution in [0.5, 0.6) is 0 Å². The summed E-state index contributed by atoms with van der Waals surface area (Å²) in [5, 5.41) is 14.0. The number of hydrogen-bond acceptors (Lipinski definition) is 4. The van der Waals surface area contributed by atoms with E-state index in [-0.39, 0.29) is 37.1 Å². The fraction of sp³-hybridized carbons (Fsp3) is 0.615. The first kappa shape index (κ1) is 27.4. The van der Waals surface area contributed by atoms with Crippen LogP contribution in [0.2, 0.25) is 5.02 Å².